The van der Waals surface area contributed by atoms with Gasteiger partial charge in [0.15, 0.2) is 0 Å². The Morgan fingerprint density at radius 2 is 1.68 bits per heavy atom. The Kier molecular flexibility index (Phi) is 4.66. The van der Waals surface area contributed by atoms with Gasteiger partial charge in [-0.25, -0.2) is 0 Å². The van der Waals surface area contributed by atoms with E-state index in [1.165, 1.54) is 0 Å². The van der Waals surface area contributed by atoms with Gasteiger partial charge in [-0.2, -0.15) is 10.5 Å². The maximum Gasteiger partial charge on any atom is 0.224 e. The largest absolute Gasteiger partial charge is 0.344 e. The molecule has 1 saturated carbocycles. The monoisotopic (exact) mass is 296 g/mol. The molecule has 0 spiro atoms. The first-order chi connectivity index (χ1) is 10.6. The van der Waals surface area contributed by atoms with E-state index in [1.54, 1.807) is 0 Å². The minimum Gasteiger partial charge on any atom is -0.344 e. The van der Waals surface area contributed by atoms with E-state index < -0.39 is 11.2 Å². The molecule has 1 atom stereocenters. The molecule has 22 heavy (non-hydrogen) atoms. The second-order valence-electron chi connectivity index (χ2n) is 5.29. The maximum atomic E-state index is 9.88. The number of benzene rings is 1. The lowest BCUT2D eigenvalue weighted by Gasteiger charge is -2.38. The van der Waals surface area contributed by atoms with Crippen LogP contribution in [0, 0.1) is 28.1 Å². The molecule has 4 heteroatoms. The van der Waals surface area contributed by atoms with E-state index in [4.69, 9.17) is 9.47 Å². The van der Waals surface area contributed by atoms with Crippen LogP contribution in [0.2, 0.25) is 0 Å². The van der Waals surface area contributed by atoms with Gasteiger partial charge >= 0.3 is 0 Å². The molecule has 1 aliphatic carbocycles. The number of hydrogen-bond acceptors (Lipinski definition) is 4. The van der Waals surface area contributed by atoms with Crippen molar-refractivity contribution in [1.29, 1.82) is 10.5 Å². The lowest BCUT2D eigenvalue weighted by atomic mass is 9.73. The molecule has 0 amide bonds. The van der Waals surface area contributed by atoms with Gasteiger partial charge < -0.3 is 9.47 Å². The molecule has 4 nitrogen and oxygen atoms in total. The smallest absolute Gasteiger partial charge is 0.224 e. The average Bonchev–Trinajstić information content (AvgIpc) is 2.78. The first-order valence-corrected chi connectivity index (χ1v) is 7.45. The Balaban J connectivity index is 2.63. The lowest BCUT2D eigenvalue weighted by Crippen LogP contribution is -2.50. The summed E-state index contributed by atoms with van der Waals surface area (Å²) in [6.07, 6.45) is 0.491. The van der Waals surface area contributed by atoms with Crippen LogP contribution in [0.25, 0.3) is 0 Å². The molecule has 1 fully saturated rings. The topological polar surface area (TPSA) is 66.0 Å². The van der Waals surface area contributed by atoms with Gasteiger partial charge in [0.1, 0.15) is 0 Å². The van der Waals surface area contributed by atoms with Gasteiger partial charge in [-0.3, -0.25) is 0 Å². The summed E-state index contributed by atoms with van der Waals surface area (Å²) < 4.78 is 11.7. The van der Waals surface area contributed by atoms with Crippen molar-refractivity contribution in [2.24, 2.45) is 5.41 Å². The zero-order valence-electron chi connectivity index (χ0n) is 13.0. The number of nitriles is 2. The lowest BCUT2D eigenvalue weighted by molar-refractivity contribution is -0.236. The molecule has 0 N–H and O–H groups in total. The molecule has 1 unspecified atom stereocenters. The molecule has 114 valence electrons. The third kappa shape index (κ3) is 2.13. The molecule has 0 saturated heterocycles. The van der Waals surface area contributed by atoms with Crippen LogP contribution in [0.5, 0.6) is 0 Å². The Hall–Kier alpha value is -2.14. The van der Waals surface area contributed by atoms with Gasteiger partial charge in [0.2, 0.25) is 11.2 Å². The van der Waals surface area contributed by atoms with E-state index in [2.05, 4.69) is 18.7 Å². The van der Waals surface area contributed by atoms with Crippen LogP contribution in [0.4, 0.5) is 0 Å². The van der Waals surface area contributed by atoms with Gasteiger partial charge in [-0.05, 0) is 31.4 Å². The molecular weight excluding hydrogens is 276 g/mol. The molecule has 1 aromatic rings. The van der Waals surface area contributed by atoms with E-state index >= 15 is 0 Å². The van der Waals surface area contributed by atoms with Crippen LogP contribution in [0.3, 0.4) is 0 Å². The summed E-state index contributed by atoms with van der Waals surface area (Å²) in [5.74, 6) is -1.70. The number of hydrogen-bond donors (Lipinski definition) is 0. The van der Waals surface area contributed by atoms with Crippen molar-refractivity contribution in [2.45, 2.75) is 32.0 Å². The Bertz CT molecular complexity index is 605. The minimum atomic E-state index is -1.45. The quantitative estimate of drug-likeness (QED) is 0.616. The average molecular weight is 296 g/mol. The third-order valence-corrected chi connectivity index (χ3v) is 4.21. The highest BCUT2D eigenvalue weighted by Crippen LogP contribution is 2.59. The number of rotatable bonds is 5. The first kappa shape index (κ1) is 16.2. The summed E-state index contributed by atoms with van der Waals surface area (Å²) in [5, 5.41) is 19.8. The van der Waals surface area contributed by atoms with Gasteiger partial charge in [0.25, 0.3) is 0 Å². The predicted octanol–water partition coefficient (Wildman–Crippen LogP) is 3.53. The highest BCUT2D eigenvalue weighted by atomic mass is 16.7. The van der Waals surface area contributed by atoms with Crippen molar-refractivity contribution in [3.05, 3.63) is 48.0 Å². The van der Waals surface area contributed by atoms with Crippen LogP contribution >= 0.6 is 0 Å². The maximum absolute atomic E-state index is 9.88. The van der Waals surface area contributed by atoms with Crippen molar-refractivity contribution < 1.29 is 9.47 Å². The van der Waals surface area contributed by atoms with E-state index in [-0.39, 0.29) is 5.92 Å². The van der Waals surface area contributed by atoms with Crippen LogP contribution in [0.1, 0.15) is 31.7 Å². The second-order valence-corrected chi connectivity index (χ2v) is 5.29. The summed E-state index contributed by atoms with van der Waals surface area (Å²) in [7, 11) is 0. The molecule has 0 radical (unpaired) electrons. The van der Waals surface area contributed by atoms with Crippen molar-refractivity contribution in [3.8, 4) is 12.1 Å². The fraction of sp³-hybridized carbons (Fsp3) is 0.444. The third-order valence-electron chi connectivity index (χ3n) is 4.21. The molecule has 2 rings (SSSR count). The summed E-state index contributed by atoms with van der Waals surface area (Å²) in [6, 6.07) is 14.0. The van der Waals surface area contributed by atoms with E-state index in [1.807, 2.05) is 44.2 Å². The SMILES string of the molecule is C=C1CC(c2ccccc2)C(C#N)(C#N)C1(OCC)OCC. The summed E-state index contributed by atoms with van der Waals surface area (Å²) in [5.41, 5.74) is 0.124. The molecule has 1 aromatic carbocycles. The van der Waals surface area contributed by atoms with Gasteiger partial charge in [-0.1, -0.05) is 36.9 Å². The summed E-state index contributed by atoms with van der Waals surface area (Å²) in [6.45, 7) is 8.38. The van der Waals surface area contributed by atoms with Crippen LogP contribution in [-0.2, 0) is 9.47 Å². The highest BCUT2D eigenvalue weighted by Gasteiger charge is 2.66. The minimum absolute atomic E-state index is 0.325. The van der Waals surface area contributed by atoms with Crippen molar-refractivity contribution in [1.82, 2.24) is 0 Å². The van der Waals surface area contributed by atoms with Crippen LogP contribution < -0.4 is 0 Å². The molecule has 0 bridgehead atoms. The Morgan fingerprint density at radius 3 is 2.14 bits per heavy atom. The molecule has 1 aliphatic rings. The molecule has 0 heterocycles. The van der Waals surface area contributed by atoms with E-state index in [9.17, 15) is 10.5 Å². The van der Waals surface area contributed by atoms with Crippen molar-refractivity contribution in [3.63, 3.8) is 0 Å². The normalized spacial score (nSPS) is 22.0. The van der Waals surface area contributed by atoms with Gasteiger partial charge in [-0.15, -0.1) is 0 Å². The molecule has 0 aliphatic heterocycles. The fourth-order valence-corrected chi connectivity index (χ4v) is 3.30. The second kappa shape index (κ2) is 6.32. The van der Waals surface area contributed by atoms with E-state index in [0.29, 0.717) is 25.2 Å². The summed E-state index contributed by atoms with van der Waals surface area (Å²) in [4.78, 5) is 0. The zero-order chi connectivity index (χ0) is 16.2. The predicted molar refractivity (Wildman–Crippen MR) is 82.6 cm³/mol. The van der Waals surface area contributed by atoms with Gasteiger partial charge in [0, 0.05) is 19.1 Å². The standard InChI is InChI=1S/C18H20N2O2/c1-4-21-18(22-5-2)14(3)11-16(17(18,12-19)13-20)15-9-7-6-8-10-15/h6-10,16H,3-5,11H2,1-2H3. The van der Waals surface area contributed by atoms with Crippen molar-refractivity contribution in [2.75, 3.05) is 13.2 Å². The highest BCUT2D eigenvalue weighted by molar-refractivity contribution is 5.45. The summed E-state index contributed by atoms with van der Waals surface area (Å²) >= 11 is 0. The number of ether oxygens (including phenoxy) is 2. The van der Waals surface area contributed by atoms with Crippen LogP contribution in [-0.4, -0.2) is 19.0 Å². The Morgan fingerprint density at radius 1 is 1.14 bits per heavy atom. The molecule has 0 aromatic heterocycles. The van der Waals surface area contributed by atoms with Crippen LogP contribution in [0.15, 0.2) is 42.5 Å². The number of nitrogens with zero attached hydrogens (tertiary/aromatic N) is 2. The molecular formula is C18H20N2O2. The van der Waals surface area contributed by atoms with E-state index in [0.717, 1.165) is 5.56 Å². The Labute approximate surface area is 131 Å². The fourth-order valence-electron chi connectivity index (χ4n) is 3.30. The zero-order valence-corrected chi connectivity index (χ0v) is 13.0. The van der Waals surface area contributed by atoms with Crippen molar-refractivity contribution >= 4 is 0 Å². The van der Waals surface area contributed by atoms with Gasteiger partial charge in [0.05, 0.1) is 12.1 Å². The first-order valence-electron chi connectivity index (χ1n) is 7.45.